The maximum absolute atomic E-state index is 12.6. The van der Waals surface area contributed by atoms with Crippen LogP contribution in [-0.2, 0) is 21.5 Å². The first-order chi connectivity index (χ1) is 15.4. The molecule has 0 atom stereocenters. The van der Waals surface area contributed by atoms with Crippen LogP contribution in [0.3, 0.4) is 0 Å². The quantitative estimate of drug-likeness (QED) is 0.593. The molecular weight excluding hydrogens is 424 g/mol. The molecule has 0 unspecified atom stereocenters. The fourth-order valence-corrected chi connectivity index (χ4v) is 5.07. The van der Waals surface area contributed by atoms with Crippen LogP contribution < -0.4 is 11.4 Å². The van der Waals surface area contributed by atoms with Gasteiger partial charge < -0.3 is 10.5 Å². The van der Waals surface area contributed by atoms with Crippen molar-refractivity contribution >= 4 is 17.7 Å². The van der Waals surface area contributed by atoms with Gasteiger partial charge in [0.15, 0.2) is 0 Å². The van der Waals surface area contributed by atoms with E-state index in [1.807, 2.05) is 56.3 Å². The monoisotopic (exact) mass is 452 g/mol. The SMILES string of the molecule is CCCn1c(C)nn(-c2ccc(Sc3cccc(C4(C(N)=O)CCOCC4)c3)cc2)c1=O. The summed E-state index contributed by atoms with van der Waals surface area (Å²) in [5, 5.41) is 4.41. The number of nitrogens with zero attached hydrogens (tertiary/aromatic N) is 3. The van der Waals surface area contributed by atoms with Crippen molar-refractivity contribution in [3.63, 3.8) is 0 Å². The normalized spacial score (nSPS) is 15.6. The van der Waals surface area contributed by atoms with Crippen molar-refractivity contribution in [2.45, 2.75) is 54.9 Å². The van der Waals surface area contributed by atoms with Crippen LogP contribution in [0.1, 0.15) is 37.6 Å². The number of hydrogen-bond acceptors (Lipinski definition) is 5. The number of primary amides is 1. The first kappa shape index (κ1) is 22.4. The van der Waals surface area contributed by atoms with E-state index >= 15 is 0 Å². The molecule has 2 aromatic carbocycles. The molecule has 7 nitrogen and oxygen atoms in total. The third-order valence-electron chi connectivity index (χ3n) is 6.02. The summed E-state index contributed by atoms with van der Waals surface area (Å²) in [5.41, 5.74) is 6.70. The third-order valence-corrected chi connectivity index (χ3v) is 7.01. The summed E-state index contributed by atoms with van der Waals surface area (Å²) in [5.74, 6) is 0.416. The van der Waals surface area contributed by atoms with Gasteiger partial charge in [-0.15, -0.1) is 0 Å². The van der Waals surface area contributed by atoms with E-state index in [1.54, 1.807) is 16.3 Å². The largest absolute Gasteiger partial charge is 0.381 e. The highest BCUT2D eigenvalue weighted by Crippen LogP contribution is 2.37. The number of aromatic nitrogens is 3. The molecule has 2 N–H and O–H groups in total. The number of rotatable bonds is 7. The van der Waals surface area contributed by atoms with Crippen LogP contribution in [-0.4, -0.2) is 33.5 Å². The fraction of sp³-hybridized carbons (Fsp3) is 0.375. The Kier molecular flexibility index (Phi) is 6.53. The van der Waals surface area contributed by atoms with Crippen LogP contribution in [0.25, 0.3) is 5.69 Å². The Morgan fingerprint density at radius 3 is 2.53 bits per heavy atom. The molecule has 1 amide bonds. The topological polar surface area (TPSA) is 92.1 Å². The van der Waals surface area contributed by atoms with E-state index in [1.165, 1.54) is 4.68 Å². The van der Waals surface area contributed by atoms with E-state index in [2.05, 4.69) is 11.2 Å². The lowest BCUT2D eigenvalue weighted by Crippen LogP contribution is -2.45. The standard InChI is InChI=1S/C24H28N4O3S/c1-3-13-27-17(2)26-28(23(27)30)19-7-9-20(10-8-19)32-21-6-4-5-18(16-21)24(22(25)29)11-14-31-15-12-24/h4-10,16H,3,11-15H2,1-2H3,(H2,25,29). The first-order valence-electron chi connectivity index (χ1n) is 10.9. The zero-order valence-electron chi connectivity index (χ0n) is 18.4. The van der Waals surface area contributed by atoms with Gasteiger partial charge in [0.05, 0.1) is 11.1 Å². The summed E-state index contributed by atoms with van der Waals surface area (Å²) >= 11 is 1.60. The molecular formula is C24H28N4O3S. The van der Waals surface area contributed by atoms with Crippen molar-refractivity contribution in [2.75, 3.05) is 13.2 Å². The van der Waals surface area contributed by atoms with Gasteiger partial charge in [0.25, 0.3) is 0 Å². The Balaban J connectivity index is 1.56. The van der Waals surface area contributed by atoms with Crippen molar-refractivity contribution in [1.29, 1.82) is 0 Å². The summed E-state index contributed by atoms with van der Waals surface area (Å²) < 4.78 is 8.60. The summed E-state index contributed by atoms with van der Waals surface area (Å²) in [7, 11) is 0. The van der Waals surface area contributed by atoms with E-state index in [4.69, 9.17) is 10.5 Å². The van der Waals surface area contributed by atoms with E-state index in [0.717, 1.165) is 27.5 Å². The Bertz CT molecular complexity index is 1160. The average molecular weight is 453 g/mol. The average Bonchev–Trinajstić information content (AvgIpc) is 3.09. The summed E-state index contributed by atoms with van der Waals surface area (Å²) in [6.07, 6.45) is 2.08. The number of hydrogen-bond donors (Lipinski definition) is 1. The second-order valence-corrected chi connectivity index (χ2v) is 9.22. The molecule has 1 saturated heterocycles. The molecule has 32 heavy (non-hydrogen) atoms. The van der Waals surface area contributed by atoms with E-state index < -0.39 is 5.41 Å². The lowest BCUT2D eigenvalue weighted by molar-refractivity contribution is -0.127. The predicted octanol–water partition coefficient (Wildman–Crippen LogP) is 3.44. The van der Waals surface area contributed by atoms with Crippen molar-refractivity contribution < 1.29 is 9.53 Å². The number of aryl methyl sites for hydroxylation is 1. The third kappa shape index (κ3) is 4.25. The number of nitrogens with two attached hydrogens (primary N) is 1. The van der Waals surface area contributed by atoms with E-state index in [-0.39, 0.29) is 11.6 Å². The number of ether oxygens (including phenoxy) is 1. The number of amides is 1. The molecule has 0 spiro atoms. The van der Waals surface area contributed by atoms with Crippen molar-refractivity contribution in [3.8, 4) is 5.69 Å². The highest BCUT2D eigenvalue weighted by molar-refractivity contribution is 7.99. The minimum absolute atomic E-state index is 0.120. The number of carbonyl (C=O) groups is 1. The van der Waals surface area contributed by atoms with Gasteiger partial charge in [0.2, 0.25) is 5.91 Å². The minimum Gasteiger partial charge on any atom is -0.381 e. The Labute approximate surface area is 191 Å². The van der Waals surface area contributed by atoms with Gasteiger partial charge in [-0.2, -0.15) is 9.78 Å². The van der Waals surface area contributed by atoms with Crippen molar-refractivity contribution in [3.05, 3.63) is 70.4 Å². The van der Waals surface area contributed by atoms with Gasteiger partial charge in [-0.3, -0.25) is 9.36 Å². The molecule has 1 aliphatic rings. The molecule has 0 radical (unpaired) electrons. The molecule has 1 aromatic heterocycles. The maximum atomic E-state index is 12.6. The van der Waals surface area contributed by atoms with Gasteiger partial charge in [-0.25, -0.2) is 4.79 Å². The minimum atomic E-state index is -0.672. The molecule has 4 rings (SSSR count). The maximum Gasteiger partial charge on any atom is 0.350 e. The highest BCUT2D eigenvalue weighted by atomic mass is 32.2. The van der Waals surface area contributed by atoms with Crippen LogP contribution in [0.5, 0.6) is 0 Å². The number of carbonyl (C=O) groups excluding carboxylic acids is 1. The second kappa shape index (κ2) is 9.34. The Hall–Kier alpha value is -2.84. The van der Waals surface area contributed by atoms with Gasteiger partial charge in [0, 0.05) is 29.5 Å². The van der Waals surface area contributed by atoms with Gasteiger partial charge >= 0.3 is 5.69 Å². The Morgan fingerprint density at radius 2 is 1.88 bits per heavy atom. The summed E-state index contributed by atoms with van der Waals surface area (Å²) in [6, 6.07) is 15.8. The number of benzene rings is 2. The first-order valence-corrected chi connectivity index (χ1v) is 11.7. The molecule has 8 heteroatoms. The molecule has 1 aliphatic heterocycles. The Morgan fingerprint density at radius 1 is 1.16 bits per heavy atom. The summed E-state index contributed by atoms with van der Waals surface area (Å²) in [4.78, 5) is 27.0. The van der Waals surface area contributed by atoms with Crippen LogP contribution in [0.2, 0.25) is 0 Å². The molecule has 0 bridgehead atoms. The predicted molar refractivity (Wildman–Crippen MR) is 124 cm³/mol. The molecule has 3 aromatic rings. The zero-order chi connectivity index (χ0) is 22.7. The van der Waals surface area contributed by atoms with Crippen molar-refractivity contribution in [1.82, 2.24) is 14.3 Å². The zero-order valence-corrected chi connectivity index (χ0v) is 19.2. The second-order valence-electron chi connectivity index (χ2n) is 8.08. The van der Waals surface area contributed by atoms with E-state index in [0.29, 0.717) is 38.4 Å². The van der Waals surface area contributed by atoms with Crippen LogP contribution >= 0.6 is 11.8 Å². The van der Waals surface area contributed by atoms with E-state index in [9.17, 15) is 9.59 Å². The van der Waals surface area contributed by atoms with Crippen molar-refractivity contribution in [2.24, 2.45) is 5.73 Å². The van der Waals surface area contributed by atoms with Crippen LogP contribution in [0.15, 0.2) is 63.1 Å². The molecule has 0 aliphatic carbocycles. The fourth-order valence-electron chi connectivity index (χ4n) is 4.19. The van der Waals surface area contributed by atoms with Gasteiger partial charge in [-0.05, 0) is 68.1 Å². The molecule has 0 saturated carbocycles. The lowest BCUT2D eigenvalue weighted by atomic mass is 9.73. The smallest absolute Gasteiger partial charge is 0.350 e. The summed E-state index contributed by atoms with van der Waals surface area (Å²) in [6.45, 7) is 5.62. The van der Waals surface area contributed by atoms with Crippen LogP contribution in [0.4, 0.5) is 0 Å². The highest BCUT2D eigenvalue weighted by Gasteiger charge is 2.40. The molecule has 1 fully saturated rings. The molecule has 168 valence electrons. The van der Waals surface area contributed by atoms with Gasteiger partial charge in [-0.1, -0.05) is 30.8 Å². The van der Waals surface area contributed by atoms with Crippen LogP contribution in [0, 0.1) is 6.92 Å². The lowest BCUT2D eigenvalue weighted by Gasteiger charge is -2.34. The molecule has 2 heterocycles. The van der Waals surface area contributed by atoms with Gasteiger partial charge in [0.1, 0.15) is 5.82 Å².